The van der Waals surface area contributed by atoms with Gasteiger partial charge in [-0.3, -0.25) is 23.0 Å². The molecule has 0 spiro atoms. The van der Waals surface area contributed by atoms with Crippen LogP contribution < -0.4 is 16.0 Å². The number of carbonyl (C=O) groups excluding carboxylic acids is 1. The summed E-state index contributed by atoms with van der Waals surface area (Å²) in [6.45, 7) is 12.0. The van der Waals surface area contributed by atoms with Gasteiger partial charge in [-0.2, -0.15) is 33.7 Å². The van der Waals surface area contributed by atoms with Crippen molar-refractivity contribution in [3.63, 3.8) is 0 Å². The van der Waals surface area contributed by atoms with E-state index in [4.69, 9.17) is 4.42 Å². The Hall–Kier alpha value is -5.52. The van der Waals surface area contributed by atoms with Gasteiger partial charge in [-0.1, -0.05) is 18.2 Å². The summed E-state index contributed by atoms with van der Waals surface area (Å²) in [6, 6.07) is 12.8. The lowest BCUT2D eigenvalue weighted by atomic mass is 9.93. The second-order valence-electron chi connectivity index (χ2n) is 14.6. The van der Waals surface area contributed by atoms with Gasteiger partial charge in [-0.25, -0.2) is 4.99 Å². The minimum absolute atomic E-state index is 0.0388. The quantitative estimate of drug-likeness (QED) is 0.0614. The monoisotopic (exact) mass is 913 g/mol. The van der Waals surface area contributed by atoms with Gasteiger partial charge in [0.1, 0.15) is 30.9 Å². The van der Waals surface area contributed by atoms with Crippen LogP contribution in [0, 0.1) is 48.5 Å². The van der Waals surface area contributed by atoms with Crippen molar-refractivity contribution in [3.8, 4) is 22.5 Å². The number of rotatable bonds is 9. The molecule has 0 unspecified atom stereocenters. The van der Waals surface area contributed by atoms with Crippen LogP contribution in [-0.2, 0) is 45.3 Å². The Morgan fingerprint density at radius 1 is 0.607 bits per heavy atom. The fourth-order valence-electron chi connectivity index (χ4n) is 7.49. The third-order valence-electron chi connectivity index (χ3n) is 10.2. The molecule has 0 aromatic heterocycles. The number of benzene rings is 5. The molecule has 1 aliphatic heterocycles. The maximum absolute atomic E-state index is 13.1. The Bertz CT molecular complexity index is 3410. The smallest absolute Gasteiger partial charge is 0.296 e. The van der Waals surface area contributed by atoms with E-state index in [9.17, 15) is 56.7 Å². The first-order valence-corrected chi connectivity index (χ1v) is 23.7. The van der Waals surface area contributed by atoms with Crippen molar-refractivity contribution in [3.05, 3.63) is 98.9 Å². The molecule has 2 aliphatic rings. The number of anilines is 3. The van der Waals surface area contributed by atoms with Gasteiger partial charge in [-0.05, 0) is 112 Å². The minimum atomic E-state index is -5.38. The summed E-state index contributed by atoms with van der Waals surface area (Å²) in [5, 5.41) is 5.83. The molecule has 61 heavy (non-hydrogen) atoms. The number of amides is 1. The maximum Gasteiger partial charge on any atom is 0.296 e. The van der Waals surface area contributed by atoms with Crippen LogP contribution in [0.2, 0.25) is 0 Å². The number of fused-ring (bicyclic) bond motifs is 2. The molecule has 0 saturated carbocycles. The molecular weight excluding hydrogens is 875 g/mol. The molecule has 21 heteroatoms. The zero-order valence-electron chi connectivity index (χ0n) is 33.6. The van der Waals surface area contributed by atoms with Gasteiger partial charge >= 0.3 is 0 Å². The van der Waals surface area contributed by atoms with Gasteiger partial charge in [-0.15, -0.1) is 0 Å². The Balaban J connectivity index is 1.77. The summed E-state index contributed by atoms with van der Waals surface area (Å²) in [5.74, 6) is -0.442. The van der Waals surface area contributed by atoms with Crippen LogP contribution in [0.4, 0.5) is 22.7 Å². The first kappa shape index (κ1) is 45.0. The third-order valence-corrected chi connectivity index (χ3v) is 14.2. The topological polar surface area (TPSA) is 284 Å². The van der Waals surface area contributed by atoms with Gasteiger partial charge in [0.25, 0.3) is 40.5 Å². The highest BCUT2D eigenvalue weighted by Crippen LogP contribution is 2.45. The van der Waals surface area contributed by atoms with E-state index in [1.165, 1.54) is 26.0 Å². The second kappa shape index (κ2) is 15.4. The SMILES string of the molecule is CC(=O)Nc1c(C)cc(C)c(Nc2ccc3c(-c4ccc(C)cc4S(=O)(=O)O)c4cc(S(=O)(=O)O)c(=Nc5c(C)c(C)c(S(=O)(=O)O)c(S(=O)(=O)O)c5C)cc-4oc3c2)c1C. The van der Waals surface area contributed by atoms with Crippen LogP contribution in [0.25, 0.3) is 33.4 Å². The molecule has 6 N–H and O–H groups in total. The number of nitrogens with one attached hydrogen (secondary N) is 2. The third kappa shape index (κ3) is 8.55. The molecular formula is C40H39N3O14S4. The van der Waals surface area contributed by atoms with E-state index in [1.54, 1.807) is 31.2 Å². The average molecular weight is 914 g/mol. The number of aryl methyl sites for hydroxylation is 3. The normalized spacial score (nSPS) is 13.0. The molecule has 322 valence electrons. The molecule has 0 radical (unpaired) electrons. The standard InChI is InChI=1S/C40H39N3O14S4/c1-18-9-11-28(33(13-18)58(45,46)47)35-27-12-10-26(42-37-20(3)14-19(2)36(23(37)6)41-25(8)44)15-31(27)57-32-17-30(34(16-29(32)35)59(48,49)50)43-38-21(4)22(5)39(60(51,52)53)40(24(38)7)61(54,55)56/h9-17,42H,1-8H3,(H,41,44)(H,45,46,47)(H,48,49,50)(H,51,52,53)(H,54,55,56). The van der Waals surface area contributed by atoms with Crippen LogP contribution in [0.15, 0.2) is 83.6 Å². The van der Waals surface area contributed by atoms with Crippen molar-refractivity contribution in [2.75, 3.05) is 10.6 Å². The second-order valence-corrected chi connectivity index (χ2v) is 20.1. The fourth-order valence-corrected chi connectivity index (χ4v) is 11.3. The molecule has 1 heterocycles. The zero-order chi connectivity index (χ0) is 45.5. The van der Waals surface area contributed by atoms with Crippen molar-refractivity contribution in [1.29, 1.82) is 0 Å². The van der Waals surface area contributed by atoms with Crippen molar-refractivity contribution >= 4 is 80.1 Å². The molecule has 6 rings (SSSR count). The largest absolute Gasteiger partial charge is 0.456 e. The lowest BCUT2D eigenvalue weighted by Gasteiger charge is -2.21. The van der Waals surface area contributed by atoms with E-state index in [1.807, 2.05) is 26.8 Å². The molecule has 4 aromatic rings. The minimum Gasteiger partial charge on any atom is -0.456 e. The summed E-state index contributed by atoms with van der Waals surface area (Å²) in [5.41, 5.74) is 3.16. The number of carbonyl (C=O) groups is 1. The van der Waals surface area contributed by atoms with Crippen LogP contribution in [-0.4, -0.2) is 57.8 Å². The Kier molecular flexibility index (Phi) is 11.4. The summed E-state index contributed by atoms with van der Waals surface area (Å²) < 4.78 is 149. The van der Waals surface area contributed by atoms with Crippen LogP contribution in [0.5, 0.6) is 0 Å². The van der Waals surface area contributed by atoms with Crippen molar-refractivity contribution in [2.24, 2.45) is 4.99 Å². The molecule has 1 amide bonds. The van der Waals surface area contributed by atoms with Crippen molar-refractivity contribution in [2.45, 2.75) is 75.0 Å². The first-order valence-electron chi connectivity index (χ1n) is 17.9. The average Bonchev–Trinajstić information content (AvgIpc) is 3.11. The predicted octanol–water partition coefficient (Wildman–Crippen LogP) is 7.28. The van der Waals surface area contributed by atoms with E-state index in [2.05, 4.69) is 15.6 Å². The lowest BCUT2D eigenvalue weighted by Crippen LogP contribution is -2.17. The van der Waals surface area contributed by atoms with E-state index >= 15 is 0 Å². The van der Waals surface area contributed by atoms with Gasteiger partial charge in [0.15, 0.2) is 0 Å². The molecule has 0 saturated heterocycles. The van der Waals surface area contributed by atoms with E-state index in [0.717, 1.165) is 37.1 Å². The molecule has 1 aliphatic carbocycles. The maximum atomic E-state index is 13.1. The summed E-state index contributed by atoms with van der Waals surface area (Å²) in [7, 11) is -20.8. The van der Waals surface area contributed by atoms with E-state index in [0.29, 0.717) is 28.2 Å². The number of nitrogens with zero attached hydrogens (tertiary/aromatic N) is 1. The highest BCUT2D eigenvalue weighted by Gasteiger charge is 2.33. The van der Waals surface area contributed by atoms with Crippen molar-refractivity contribution in [1.82, 2.24) is 0 Å². The fraction of sp³-hybridized carbons (Fsp3) is 0.200. The molecule has 4 aromatic carbocycles. The highest BCUT2D eigenvalue weighted by atomic mass is 32.2. The van der Waals surface area contributed by atoms with Crippen molar-refractivity contribution < 1.29 is 61.1 Å². The van der Waals surface area contributed by atoms with E-state index < -0.39 is 71.0 Å². The molecule has 0 fully saturated rings. The van der Waals surface area contributed by atoms with E-state index in [-0.39, 0.29) is 56.1 Å². The van der Waals surface area contributed by atoms with Crippen LogP contribution in [0.1, 0.15) is 45.9 Å². The highest BCUT2D eigenvalue weighted by molar-refractivity contribution is 7.89. The number of hydrogen-bond donors (Lipinski definition) is 6. The zero-order valence-corrected chi connectivity index (χ0v) is 36.9. The van der Waals surface area contributed by atoms with Crippen LogP contribution >= 0.6 is 0 Å². The summed E-state index contributed by atoms with van der Waals surface area (Å²) >= 11 is 0. The first-order chi connectivity index (χ1) is 28.0. The Labute approximate surface area is 351 Å². The summed E-state index contributed by atoms with van der Waals surface area (Å²) in [6.07, 6.45) is 0. The van der Waals surface area contributed by atoms with Gasteiger partial charge in [0, 0.05) is 58.2 Å². The van der Waals surface area contributed by atoms with Gasteiger partial charge in [0.2, 0.25) is 5.91 Å². The molecule has 0 bridgehead atoms. The lowest BCUT2D eigenvalue weighted by molar-refractivity contribution is -0.114. The molecule has 0 atom stereocenters. The molecule has 17 nitrogen and oxygen atoms in total. The van der Waals surface area contributed by atoms with Gasteiger partial charge in [0.05, 0.1) is 11.0 Å². The predicted molar refractivity (Wildman–Crippen MR) is 226 cm³/mol. The van der Waals surface area contributed by atoms with Crippen LogP contribution in [0.3, 0.4) is 0 Å². The van der Waals surface area contributed by atoms with Gasteiger partial charge < -0.3 is 15.1 Å². The Morgan fingerprint density at radius 3 is 1.77 bits per heavy atom. The Morgan fingerprint density at radius 2 is 1.20 bits per heavy atom. The summed E-state index contributed by atoms with van der Waals surface area (Å²) in [4.78, 5) is 12.6. The number of hydrogen-bond acceptors (Lipinski definition) is 12.